The largest absolute Gasteiger partial charge is 0.381 e. The van der Waals surface area contributed by atoms with E-state index in [1.807, 2.05) is 0 Å². The van der Waals surface area contributed by atoms with E-state index < -0.39 is 0 Å². The van der Waals surface area contributed by atoms with Crippen molar-refractivity contribution in [2.75, 3.05) is 20.3 Å². The summed E-state index contributed by atoms with van der Waals surface area (Å²) in [7, 11) is 2.08. The predicted molar refractivity (Wildman–Crippen MR) is 65.1 cm³/mol. The molecule has 1 fully saturated rings. The van der Waals surface area contributed by atoms with Crippen LogP contribution in [0.1, 0.15) is 46.0 Å². The van der Waals surface area contributed by atoms with Crippen molar-refractivity contribution in [1.82, 2.24) is 5.32 Å². The monoisotopic (exact) mass is 213 g/mol. The minimum absolute atomic E-state index is 0.699. The lowest BCUT2D eigenvalue weighted by Gasteiger charge is -2.24. The van der Waals surface area contributed by atoms with Gasteiger partial charge in [0, 0.05) is 19.3 Å². The van der Waals surface area contributed by atoms with Gasteiger partial charge in [-0.1, -0.05) is 26.7 Å². The molecule has 15 heavy (non-hydrogen) atoms. The molecule has 0 aromatic rings. The highest BCUT2D eigenvalue weighted by molar-refractivity contribution is 4.70. The molecule has 2 nitrogen and oxygen atoms in total. The van der Waals surface area contributed by atoms with Crippen molar-refractivity contribution in [2.45, 2.75) is 52.0 Å². The Labute approximate surface area is 94.8 Å². The van der Waals surface area contributed by atoms with Gasteiger partial charge in [0.1, 0.15) is 0 Å². The Morgan fingerprint density at radius 3 is 2.47 bits per heavy atom. The highest BCUT2D eigenvalue weighted by Gasteiger charge is 2.15. The van der Waals surface area contributed by atoms with Crippen LogP contribution in [0.5, 0.6) is 0 Å². The van der Waals surface area contributed by atoms with Crippen molar-refractivity contribution < 1.29 is 4.74 Å². The Morgan fingerprint density at radius 1 is 1.27 bits per heavy atom. The third-order valence-corrected chi connectivity index (χ3v) is 3.64. The van der Waals surface area contributed by atoms with Crippen molar-refractivity contribution in [2.24, 2.45) is 11.8 Å². The fourth-order valence-corrected chi connectivity index (χ4v) is 2.47. The zero-order valence-corrected chi connectivity index (χ0v) is 10.6. The lowest BCUT2D eigenvalue weighted by atomic mass is 9.91. The van der Waals surface area contributed by atoms with Crippen LogP contribution in [-0.4, -0.2) is 26.3 Å². The zero-order chi connectivity index (χ0) is 11.1. The number of hydrogen-bond donors (Lipinski definition) is 1. The zero-order valence-electron chi connectivity index (χ0n) is 10.6. The average Bonchev–Trinajstić information content (AvgIpc) is 2.25. The summed E-state index contributed by atoms with van der Waals surface area (Å²) in [5, 5.41) is 3.41. The van der Waals surface area contributed by atoms with Gasteiger partial charge in [-0.25, -0.2) is 0 Å². The Bertz CT molecular complexity index is 153. The Morgan fingerprint density at radius 2 is 1.93 bits per heavy atom. The summed E-state index contributed by atoms with van der Waals surface area (Å²) in [6.45, 7) is 6.58. The molecule has 1 saturated heterocycles. The molecular formula is C13H27NO. The topological polar surface area (TPSA) is 21.3 Å². The van der Waals surface area contributed by atoms with Crippen molar-refractivity contribution in [3.05, 3.63) is 0 Å². The first-order chi connectivity index (χ1) is 7.24. The fraction of sp³-hybridized carbons (Fsp3) is 1.00. The molecule has 0 saturated carbocycles. The van der Waals surface area contributed by atoms with Crippen LogP contribution in [0, 0.1) is 11.8 Å². The normalized spacial score (nSPS) is 20.8. The molecule has 0 aromatic heterocycles. The van der Waals surface area contributed by atoms with Crippen LogP contribution in [-0.2, 0) is 4.74 Å². The molecule has 90 valence electrons. The van der Waals surface area contributed by atoms with Crippen molar-refractivity contribution >= 4 is 0 Å². The van der Waals surface area contributed by atoms with Crippen LogP contribution in [0.4, 0.5) is 0 Å². The van der Waals surface area contributed by atoms with Gasteiger partial charge in [-0.15, -0.1) is 0 Å². The molecule has 0 radical (unpaired) electrons. The highest BCUT2D eigenvalue weighted by atomic mass is 16.5. The van der Waals surface area contributed by atoms with E-state index in [0.29, 0.717) is 6.04 Å². The van der Waals surface area contributed by atoms with Crippen molar-refractivity contribution in [3.63, 3.8) is 0 Å². The Kier molecular flexibility index (Phi) is 6.26. The molecule has 1 atom stereocenters. The summed E-state index contributed by atoms with van der Waals surface area (Å²) in [5.41, 5.74) is 0. The average molecular weight is 213 g/mol. The fourth-order valence-electron chi connectivity index (χ4n) is 2.47. The lowest BCUT2D eigenvalue weighted by molar-refractivity contribution is 0.0628. The second kappa shape index (κ2) is 7.24. The van der Waals surface area contributed by atoms with Gasteiger partial charge >= 0.3 is 0 Å². The molecule has 1 rings (SSSR count). The van der Waals surface area contributed by atoms with Crippen LogP contribution in [0.2, 0.25) is 0 Å². The molecule has 0 aliphatic carbocycles. The molecule has 0 spiro atoms. The van der Waals surface area contributed by atoms with Gasteiger partial charge in [-0.2, -0.15) is 0 Å². The van der Waals surface area contributed by atoms with Crippen LogP contribution < -0.4 is 5.32 Å². The molecule has 0 amide bonds. The summed E-state index contributed by atoms with van der Waals surface area (Å²) in [6.07, 6.45) is 6.66. The predicted octanol–water partition coefficient (Wildman–Crippen LogP) is 2.83. The van der Waals surface area contributed by atoms with E-state index in [4.69, 9.17) is 4.74 Å². The number of nitrogens with one attached hydrogen (secondary N) is 1. The maximum Gasteiger partial charge on any atom is 0.0468 e. The molecule has 2 heteroatoms. The van der Waals surface area contributed by atoms with Crippen LogP contribution in [0.25, 0.3) is 0 Å². The van der Waals surface area contributed by atoms with E-state index in [1.54, 1.807) is 0 Å². The molecule has 1 aliphatic rings. The SMILES string of the molecule is CNC(CCCC1CCOCC1)C(C)C. The van der Waals surface area contributed by atoms with Crippen molar-refractivity contribution in [3.8, 4) is 0 Å². The number of ether oxygens (including phenoxy) is 1. The second-order valence-electron chi connectivity index (χ2n) is 5.13. The number of hydrogen-bond acceptors (Lipinski definition) is 2. The van der Waals surface area contributed by atoms with Gasteiger partial charge < -0.3 is 10.1 Å². The summed E-state index contributed by atoms with van der Waals surface area (Å²) >= 11 is 0. The third-order valence-electron chi connectivity index (χ3n) is 3.64. The van der Waals surface area contributed by atoms with E-state index in [1.165, 1.54) is 32.1 Å². The van der Waals surface area contributed by atoms with E-state index in [0.717, 1.165) is 25.0 Å². The molecule has 1 heterocycles. The van der Waals surface area contributed by atoms with Gasteiger partial charge in [-0.3, -0.25) is 0 Å². The second-order valence-corrected chi connectivity index (χ2v) is 5.13. The maximum atomic E-state index is 5.37. The van der Waals surface area contributed by atoms with Gasteiger partial charge in [0.05, 0.1) is 0 Å². The smallest absolute Gasteiger partial charge is 0.0468 e. The first kappa shape index (κ1) is 13.0. The summed E-state index contributed by atoms with van der Waals surface area (Å²) in [6, 6.07) is 0.699. The Hall–Kier alpha value is -0.0800. The quantitative estimate of drug-likeness (QED) is 0.732. The van der Waals surface area contributed by atoms with Crippen molar-refractivity contribution in [1.29, 1.82) is 0 Å². The first-order valence-electron chi connectivity index (χ1n) is 6.49. The molecule has 0 bridgehead atoms. The maximum absolute atomic E-state index is 5.37. The molecule has 1 unspecified atom stereocenters. The standard InChI is InChI=1S/C13H27NO/c1-11(2)13(14-3)6-4-5-12-7-9-15-10-8-12/h11-14H,4-10H2,1-3H3. The van der Waals surface area contributed by atoms with Crippen LogP contribution in [0.3, 0.4) is 0 Å². The van der Waals surface area contributed by atoms with E-state index in [2.05, 4.69) is 26.2 Å². The van der Waals surface area contributed by atoms with E-state index >= 15 is 0 Å². The Balaban J connectivity index is 2.08. The van der Waals surface area contributed by atoms with Gasteiger partial charge in [-0.05, 0) is 38.1 Å². The van der Waals surface area contributed by atoms with E-state index in [9.17, 15) is 0 Å². The van der Waals surface area contributed by atoms with Gasteiger partial charge in [0.15, 0.2) is 0 Å². The van der Waals surface area contributed by atoms with Crippen LogP contribution >= 0.6 is 0 Å². The first-order valence-corrected chi connectivity index (χ1v) is 6.49. The number of rotatable bonds is 6. The molecule has 1 N–H and O–H groups in total. The van der Waals surface area contributed by atoms with Gasteiger partial charge in [0.2, 0.25) is 0 Å². The molecule has 1 aliphatic heterocycles. The molecular weight excluding hydrogens is 186 g/mol. The minimum atomic E-state index is 0.699. The third kappa shape index (κ3) is 4.98. The summed E-state index contributed by atoms with van der Waals surface area (Å²) in [4.78, 5) is 0. The van der Waals surface area contributed by atoms with Gasteiger partial charge in [0.25, 0.3) is 0 Å². The van der Waals surface area contributed by atoms with E-state index in [-0.39, 0.29) is 0 Å². The summed E-state index contributed by atoms with van der Waals surface area (Å²) in [5.74, 6) is 1.69. The van der Waals surface area contributed by atoms with Crippen LogP contribution in [0.15, 0.2) is 0 Å². The summed E-state index contributed by atoms with van der Waals surface area (Å²) < 4.78 is 5.37. The minimum Gasteiger partial charge on any atom is -0.381 e. The molecule has 0 aromatic carbocycles. The lowest BCUT2D eigenvalue weighted by Crippen LogP contribution is -2.30. The highest BCUT2D eigenvalue weighted by Crippen LogP contribution is 2.22.